The summed E-state index contributed by atoms with van der Waals surface area (Å²) in [6, 6.07) is 97.4. The van der Waals surface area contributed by atoms with E-state index in [9.17, 15) is 0 Å². The van der Waals surface area contributed by atoms with Crippen LogP contribution in [0.25, 0.3) is 55.3 Å². The molecule has 0 amide bonds. The van der Waals surface area contributed by atoms with E-state index in [4.69, 9.17) is 0 Å². The lowest BCUT2D eigenvalue weighted by molar-refractivity contribution is 0.443. The highest BCUT2D eigenvalue weighted by Gasteiger charge is 2.52. The van der Waals surface area contributed by atoms with Crippen molar-refractivity contribution in [2.75, 3.05) is 9.80 Å². The van der Waals surface area contributed by atoms with Crippen molar-refractivity contribution in [3.63, 3.8) is 0 Å². The Hall–Kier alpha value is -8.72. The maximum absolute atomic E-state index is 2.53. The van der Waals surface area contributed by atoms with Gasteiger partial charge in [0.1, 0.15) is 0 Å². The topological polar surface area (TPSA) is 6.48 Å². The lowest BCUT2D eigenvalue weighted by Crippen LogP contribution is -2.26. The molecule has 14 rings (SSSR count). The number of hydrogen-bond donors (Lipinski definition) is 0. The highest BCUT2D eigenvalue weighted by Crippen LogP contribution is 2.64. The Morgan fingerprint density at radius 1 is 0.301 bits per heavy atom. The van der Waals surface area contributed by atoms with Gasteiger partial charge in [-0.05, 0) is 151 Å². The van der Waals surface area contributed by atoms with Crippen molar-refractivity contribution < 1.29 is 0 Å². The molecule has 0 heterocycles. The average Bonchev–Trinajstić information content (AvgIpc) is 3.95. The molecule has 0 aliphatic heterocycles. The van der Waals surface area contributed by atoms with Crippen LogP contribution in [0.4, 0.5) is 34.1 Å². The van der Waals surface area contributed by atoms with Gasteiger partial charge in [0.15, 0.2) is 0 Å². The van der Waals surface area contributed by atoms with Crippen LogP contribution in [0.1, 0.15) is 65.8 Å². The van der Waals surface area contributed by atoms with Gasteiger partial charge in [0.05, 0.1) is 16.8 Å². The molecule has 3 aliphatic carbocycles. The average molecular weight is 935 g/mol. The Balaban J connectivity index is 0.963. The summed E-state index contributed by atoms with van der Waals surface area (Å²) in [5.41, 5.74) is 23.1. The van der Waals surface area contributed by atoms with Gasteiger partial charge in [-0.25, -0.2) is 0 Å². The Morgan fingerprint density at radius 2 is 0.753 bits per heavy atom. The fourth-order valence-corrected chi connectivity index (χ4v) is 13.0. The highest BCUT2D eigenvalue weighted by atomic mass is 15.2. The molecular weight excluding hydrogens is 881 g/mol. The van der Waals surface area contributed by atoms with E-state index in [0.717, 1.165) is 28.4 Å². The van der Waals surface area contributed by atoms with Crippen LogP contribution in [-0.2, 0) is 5.41 Å². The molecule has 348 valence electrons. The molecule has 0 saturated heterocycles. The lowest BCUT2D eigenvalue weighted by atomic mass is 9.70. The number of rotatable bonds is 9. The van der Waals surface area contributed by atoms with Gasteiger partial charge in [-0.15, -0.1) is 0 Å². The summed E-state index contributed by atoms with van der Waals surface area (Å²) in [4.78, 5) is 4.98. The molecule has 2 heteroatoms. The van der Waals surface area contributed by atoms with Crippen molar-refractivity contribution in [3.05, 3.63) is 289 Å². The van der Waals surface area contributed by atoms with Gasteiger partial charge in [0.2, 0.25) is 0 Å². The fourth-order valence-electron chi connectivity index (χ4n) is 13.0. The molecule has 73 heavy (non-hydrogen) atoms. The van der Waals surface area contributed by atoms with Crippen molar-refractivity contribution in [1.82, 2.24) is 0 Å². The molecule has 0 N–H and O–H groups in total. The molecule has 0 aromatic heterocycles. The molecule has 11 aromatic rings. The van der Waals surface area contributed by atoms with Crippen molar-refractivity contribution in [3.8, 4) is 44.5 Å². The maximum atomic E-state index is 2.53. The summed E-state index contributed by atoms with van der Waals surface area (Å²) in [7, 11) is 0. The van der Waals surface area contributed by atoms with Gasteiger partial charge < -0.3 is 9.80 Å². The molecule has 2 nitrogen and oxygen atoms in total. The zero-order valence-electron chi connectivity index (χ0n) is 40.8. The van der Waals surface area contributed by atoms with Crippen LogP contribution in [0.2, 0.25) is 0 Å². The molecule has 0 atom stereocenters. The zero-order valence-corrected chi connectivity index (χ0v) is 40.8. The number of fused-ring (bicyclic) bond motifs is 11. The summed E-state index contributed by atoms with van der Waals surface area (Å²) in [5, 5.41) is 2.44. The van der Waals surface area contributed by atoms with Crippen LogP contribution < -0.4 is 9.80 Å². The van der Waals surface area contributed by atoms with Crippen LogP contribution >= 0.6 is 0 Å². The second kappa shape index (κ2) is 17.8. The van der Waals surface area contributed by atoms with E-state index >= 15 is 0 Å². The van der Waals surface area contributed by atoms with E-state index in [2.05, 4.69) is 271 Å². The van der Waals surface area contributed by atoms with Crippen molar-refractivity contribution >= 4 is 44.9 Å². The number of anilines is 6. The minimum atomic E-state index is -0.442. The Labute approximate surface area is 429 Å². The van der Waals surface area contributed by atoms with Crippen LogP contribution in [0.3, 0.4) is 0 Å². The van der Waals surface area contributed by atoms with Gasteiger partial charge in [-0.2, -0.15) is 0 Å². The van der Waals surface area contributed by atoms with Crippen LogP contribution in [0.15, 0.2) is 261 Å². The summed E-state index contributed by atoms with van der Waals surface area (Å²) in [6.07, 6.45) is 6.52. The summed E-state index contributed by atoms with van der Waals surface area (Å²) >= 11 is 0. The first-order valence-electron chi connectivity index (χ1n) is 26.2. The minimum Gasteiger partial charge on any atom is -0.310 e. The summed E-state index contributed by atoms with van der Waals surface area (Å²) in [6.45, 7) is 0. The SMILES string of the molecule is c1ccc(-c2ccc(N(c3ccc(N(c4ccc(C5CCCCC5)cc4)c4cccc5c4-c4ccccc4C54c5ccccc5-c5ccccc54)cc3)c3ccc4ccccc4c3-c3ccccc3)cc2)cc1. The molecule has 3 aliphatic rings. The van der Waals surface area contributed by atoms with E-state index in [1.165, 1.54) is 121 Å². The highest BCUT2D eigenvalue weighted by molar-refractivity contribution is 6.06. The van der Waals surface area contributed by atoms with Gasteiger partial charge in [-0.1, -0.05) is 219 Å². The van der Waals surface area contributed by atoms with E-state index in [1.807, 2.05) is 0 Å². The Kier molecular flexibility index (Phi) is 10.5. The summed E-state index contributed by atoms with van der Waals surface area (Å²) in [5.74, 6) is 0.620. The number of hydrogen-bond acceptors (Lipinski definition) is 2. The molecular formula is C71H54N2. The standard InChI is InChI=1S/C71H54N2/c1-4-19-49(20-5-1)51-35-40-55(41-36-51)72(67-34-18-33-66-70(67)62-29-14-17-32-65(62)71(66)63-30-15-12-27-60(63)61-28-13-16-31-64(61)71)57-44-46-58(47-45-57)73(56-42-37-52(38-43-56)50-21-6-2-7-22-50)68-48-39-53-23-10-11-26-59(53)69(68)54-24-8-3-9-25-54/h2-3,6-18,21-49H,1,4-5,19-20H2. The van der Waals surface area contributed by atoms with Crippen LogP contribution in [-0.4, -0.2) is 0 Å². The summed E-state index contributed by atoms with van der Waals surface area (Å²) < 4.78 is 0. The molecule has 0 radical (unpaired) electrons. The normalized spacial score (nSPS) is 14.1. The van der Waals surface area contributed by atoms with Crippen molar-refractivity contribution in [2.24, 2.45) is 0 Å². The number of benzene rings is 11. The molecule has 0 unspecified atom stereocenters. The van der Waals surface area contributed by atoms with E-state index in [1.54, 1.807) is 0 Å². The first kappa shape index (κ1) is 43.1. The Morgan fingerprint density at radius 3 is 1.37 bits per heavy atom. The fraction of sp³-hybridized carbons (Fsp3) is 0.0986. The molecule has 11 aromatic carbocycles. The van der Waals surface area contributed by atoms with Gasteiger partial charge in [0, 0.05) is 33.9 Å². The monoisotopic (exact) mass is 934 g/mol. The second-order valence-electron chi connectivity index (χ2n) is 20.2. The zero-order chi connectivity index (χ0) is 48.3. The van der Waals surface area contributed by atoms with Crippen molar-refractivity contribution in [2.45, 2.75) is 43.4 Å². The van der Waals surface area contributed by atoms with Crippen LogP contribution in [0.5, 0.6) is 0 Å². The van der Waals surface area contributed by atoms with Crippen LogP contribution in [0, 0.1) is 0 Å². The predicted molar refractivity (Wildman–Crippen MR) is 306 cm³/mol. The second-order valence-corrected chi connectivity index (χ2v) is 20.2. The van der Waals surface area contributed by atoms with E-state index in [-0.39, 0.29) is 0 Å². The largest absolute Gasteiger partial charge is 0.310 e. The molecule has 1 saturated carbocycles. The maximum Gasteiger partial charge on any atom is 0.0726 e. The molecule has 1 spiro atoms. The smallest absolute Gasteiger partial charge is 0.0726 e. The Bertz CT molecular complexity index is 3770. The van der Waals surface area contributed by atoms with Gasteiger partial charge in [-0.3, -0.25) is 0 Å². The predicted octanol–water partition coefficient (Wildman–Crippen LogP) is 19.5. The third-order valence-electron chi connectivity index (χ3n) is 16.3. The van der Waals surface area contributed by atoms with Gasteiger partial charge in [0.25, 0.3) is 0 Å². The number of nitrogens with zero attached hydrogens (tertiary/aromatic N) is 2. The quantitative estimate of drug-likeness (QED) is 0.142. The minimum absolute atomic E-state index is 0.442. The molecule has 1 fully saturated rings. The third-order valence-corrected chi connectivity index (χ3v) is 16.3. The lowest BCUT2D eigenvalue weighted by Gasteiger charge is -2.32. The van der Waals surface area contributed by atoms with E-state index < -0.39 is 5.41 Å². The first-order valence-corrected chi connectivity index (χ1v) is 26.2. The third kappa shape index (κ3) is 7.00. The van der Waals surface area contributed by atoms with Crippen molar-refractivity contribution in [1.29, 1.82) is 0 Å². The van der Waals surface area contributed by atoms with Gasteiger partial charge >= 0.3 is 0 Å². The van der Waals surface area contributed by atoms with E-state index in [0.29, 0.717) is 5.92 Å². The first-order chi connectivity index (χ1) is 36.2. The molecule has 0 bridgehead atoms.